The smallest absolute Gasteiger partial charge is 0.0354 e. The van der Waals surface area contributed by atoms with Crippen molar-refractivity contribution in [1.82, 2.24) is 0 Å². The summed E-state index contributed by atoms with van der Waals surface area (Å²) in [7, 11) is 0. The second-order valence-corrected chi connectivity index (χ2v) is 5.08. The third-order valence-electron chi connectivity index (χ3n) is 2.91. The Bertz CT molecular complexity index is 90.6. The van der Waals surface area contributed by atoms with Gasteiger partial charge in [0, 0.05) is 0 Å². The minimum absolute atomic E-state index is 0.602. The molecular weight excluding hydrogens is 156 g/mol. The van der Waals surface area contributed by atoms with E-state index in [0.29, 0.717) is 5.41 Å². The molecule has 0 aromatic heterocycles. The highest BCUT2D eigenvalue weighted by Gasteiger charge is 2.15. The van der Waals surface area contributed by atoms with E-state index in [4.69, 9.17) is 0 Å². The third-order valence-corrected chi connectivity index (χ3v) is 2.91. The van der Waals surface area contributed by atoms with Crippen molar-refractivity contribution in [2.45, 2.75) is 79.1 Å². The summed E-state index contributed by atoms with van der Waals surface area (Å²) in [6.45, 7) is 9.42. The van der Waals surface area contributed by atoms with E-state index in [1.165, 1.54) is 51.4 Å². The molecule has 0 aromatic carbocycles. The molecule has 0 radical (unpaired) electrons. The molecule has 0 aromatic rings. The first kappa shape index (κ1) is 13.0. The largest absolute Gasteiger partial charge is 0.0654 e. The van der Waals surface area contributed by atoms with Crippen molar-refractivity contribution < 1.29 is 0 Å². The van der Waals surface area contributed by atoms with Crippen molar-refractivity contribution >= 4 is 0 Å². The van der Waals surface area contributed by atoms with Crippen molar-refractivity contribution in [3.63, 3.8) is 0 Å². The summed E-state index contributed by atoms with van der Waals surface area (Å²) in [5.41, 5.74) is 0.602. The third kappa shape index (κ3) is 8.33. The Hall–Kier alpha value is 0. The fourth-order valence-electron chi connectivity index (χ4n) is 1.83. The van der Waals surface area contributed by atoms with Gasteiger partial charge in [-0.1, -0.05) is 66.2 Å². The highest BCUT2D eigenvalue weighted by Crippen LogP contribution is 2.29. The lowest BCUT2D eigenvalue weighted by atomic mass is 9.82. The monoisotopic (exact) mass is 184 g/mol. The Kier molecular flexibility index (Phi) is 7.41. The van der Waals surface area contributed by atoms with Crippen molar-refractivity contribution in [3.05, 3.63) is 0 Å². The maximum absolute atomic E-state index is 2.43. The lowest BCUT2D eigenvalue weighted by Gasteiger charge is -2.24. The zero-order valence-corrected chi connectivity index (χ0v) is 10.2. The van der Waals surface area contributed by atoms with E-state index in [-0.39, 0.29) is 0 Å². The van der Waals surface area contributed by atoms with Crippen molar-refractivity contribution in [2.24, 2.45) is 5.41 Å². The number of hydrogen-bond donors (Lipinski definition) is 0. The fraction of sp³-hybridized carbons (Fsp3) is 1.00. The summed E-state index contributed by atoms with van der Waals surface area (Å²) >= 11 is 0. The first-order valence-corrected chi connectivity index (χ1v) is 6.12. The maximum Gasteiger partial charge on any atom is -0.0354 e. The van der Waals surface area contributed by atoms with Crippen LogP contribution in [0.1, 0.15) is 79.1 Å². The van der Waals surface area contributed by atoms with E-state index < -0.39 is 0 Å². The molecule has 0 aliphatic rings. The standard InChI is InChI=1S/C13H28/c1-5-7-9-11-13(3,4)12-10-8-6-2/h5-12H2,1-4H3. The molecule has 13 heavy (non-hydrogen) atoms. The molecule has 0 N–H and O–H groups in total. The van der Waals surface area contributed by atoms with Crippen LogP contribution in [0.2, 0.25) is 0 Å². The van der Waals surface area contributed by atoms with Gasteiger partial charge in [0.2, 0.25) is 0 Å². The summed E-state index contributed by atoms with van der Waals surface area (Å²) in [6.07, 6.45) is 11.2. The molecule has 0 spiro atoms. The van der Waals surface area contributed by atoms with Crippen LogP contribution in [0, 0.1) is 5.41 Å². The molecule has 0 saturated heterocycles. The zero-order valence-electron chi connectivity index (χ0n) is 10.2. The van der Waals surface area contributed by atoms with Crippen molar-refractivity contribution in [1.29, 1.82) is 0 Å². The van der Waals surface area contributed by atoms with Gasteiger partial charge in [-0.05, 0) is 18.3 Å². The van der Waals surface area contributed by atoms with E-state index in [1.807, 2.05) is 0 Å². The minimum Gasteiger partial charge on any atom is -0.0654 e. The van der Waals surface area contributed by atoms with E-state index in [9.17, 15) is 0 Å². The first-order valence-electron chi connectivity index (χ1n) is 6.12. The molecule has 0 saturated carbocycles. The van der Waals surface area contributed by atoms with Crippen LogP contribution in [-0.2, 0) is 0 Å². The average molecular weight is 184 g/mol. The molecule has 0 bridgehead atoms. The van der Waals surface area contributed by atoms with Crippen LogP contribution in [0.3, 0.4) is 0 Å². The van der Waals surface area contributed by atoms with E-state index >= 15 is 0 Å². The normalized spacial score (nSPS) is 12.0. The van der Waals surface area contributed by atoms with Crippen LogP contribution in [0.15, 0.2) is 0 Å². The SMILES string of the molecule is CCCCCC(C)(C)CCCCC. The molecule has 0 heterocycles. The van der Waals surface area contributed by atoms with Crippen molar-refractivity contribution in [2.75, 3.05) is 0 Å². The van der Waals surface area contributed by atoms with Crippen LogP contribution >= 0.6 is 0 Å². The minimum atomic E-state index is 0.602. The van der Waals surface area contributed by atoms with Crippen LogP contribution < -0.4 is 0 Å². The fourth-order valence-corrected chi connectivity index (χ4v) is 1.83. The summed E-state index contributed by atoms with van der Waals surface area (Å²) in [5.74, 6) is 0. The number of hydrogen-bond acceptors (Lipinski definition) is 0. The van der Waals surface area contributed by atoms with Gasteiger partial charge >= 0.3 is 0 Å². The summed E-state index contributed by atoms with van der Waals surface area (Å²) in [4.78, 5) is 0. The summed E-state index contributed by atoms with van der Waals surface area (Å²) in [6, 6.07) is 0. The highest BCUT2D eigenvalue weighted by molar-refractivity contribution is 4.68. The Morgan fingerprint density at radius 1 is 0.692 bits per heavy atom. The molecule has 0 aliphatic carbocycles. The second-order valence-electron chi connectivity index (χ2n) is 5.08. The van der Waals surface area contributed by atoms with E-state index in [0.717, 1.165) is 0 Å². The Balaban J connectivity index is 3.42. The van der Waals surface area contributed by atoms with Crippen LogP contribution in [-0.4, -0.2) is 0 Å². The molecule has 80 valence electrons. The van der Waals surface area contributed by atoms with E-state index in [2.05, 4.69) is 27.7 Å². The van der Waals surface area contributed by atoms with Gasteiger partial charge in [0.05, 0.1) is 0 Å². The molecule has 0 unspecified atom stereocenters. The lowest BCUT2D eigenvalue weighted by Crippen LogP contribution is -2.10. The number of unbranched alkanes of at least 4 members (excludes halogenated alkanes) is 4. The topological polar surface area (TPSA) is 0 Å². The van der Waals surface area contributed by atoms with Gasteiger partial charge in [0.15, 0.2) is 0 Å². The predicted molar refractivity (Wildman–Crippen MR) is 62.1 cm³/mol. The molecule has 0 nitrogen and oxygen atoms in total. The molecule has 0 atom stereocenters. The Morgan fingerprint density at radius 2 is 1.08 bits per heavy atom. The van der Waals surface area contributed by atoms with Gasteiger partial charge in [-0.3, -0.25) is 0 Å². The van der Waals surface area contributed by atoms with Gasteiger partial charge in [0.1, 0.15) is 0 Å². The van der Waals surface area contributed by atoms with E-state index in [1.54, 1.807) is 0 Å². The van der Waals surface area contributed by atoms with Crippen LogP contribution in [0.4, 0.5) is 0 Å². The number of rotatable bonds is 8. The van der Waals surface area contributed by atoms with Gasteiger partial charge in [-0.15, -0.1) is 0 Å². The first-order chi connectivity index (χ1) is 6.12. The molecule has 0 rings (SSSR count). The molecule has 0 amide bonds. The lowest BCUT2D eigenvalue weighted by molar-refractivity contribution is 0.284. The van der Waals surface area contributed by atoms with Crippen LogP contribution in [0.25, 0.3) is 0 Å². The Labute approximate surface area is 85.1 Å². The summed E-state index contributed by atoms with van der Waals surface area (Å²) < 4.78 is 0. The molecule has 0 fully saturated rings. The van der Waals surface area contributed by atoms with Crippen LogP contribution in [0.5, 0.6) is 0 Å². The molecular formula is C13H28. The van der Waals surface area contributed by atoms with Gasteiger partial charge in [-0.25, -0.2) is 0 Å². The summed E-state index contributed by atoms with van der Waals surface area (Å²) in [5, 5.41) is 0. The second kappa shape index (κ2) is 7.41. The zero-order chi connectivity index (χ0) is 10.2. The van der Waals surface area contributed by atoms with Gasteiger partial charge < -0.3 is 0 Å². The maximum atomic E-state index is 2.43. The van der Waals surface area contributed by atoms with Gasteiger partial charge in [-0.2, -0.15) is 0 Å². The Morgan fingerprint density at radius 3 is 1.38 bits per heavy atom. The highest BCUT2D eigenvalue weighted by atomic mass is 14.2. The van der Waals surface area contributed by atoms with Gasteiger partial charge in [0.25, 0.3) is 0 Å². The van der Waals surface area contributed by atoms with Crippen molar-refractivity contribution in [3.8, 4) is 0 Å². The molecule has 0 heteroatoms. The average Bonchev–Trinajstić information content (AvgIpc) is 2.05. The quantitative estimate of drug-likeness (QED) is 0.456. The predicted octanol–water partition coefficient (Wildman–Crippen LogP) is 5.17. The molecule has 0 aliphatic heterocycles.